The fraction of sp³-hybridized carbons (Fsp3) is 0.562. The summed E-state index contributed by atoms with van der Waals surface area (Å²) in [5.41, 5.74) is 6.11. The van der Waals surface area contributed by atoms with Crippen LogP contribution in [0.3, 0.4) is 0 Å². The average Bonchev–Trinajstić information content (AvgIpc) is 2.74. The lowest BCUT2D eigenvalue weighted by Crippen LogP contribution is -2.44. The van der Waals surface area contributed by atoms with Crippen LogP contribution in [0.2, 0.25) is 18.1 Å². The molecule has 0 spiro atoms. The summed E-state index contributed by atoms with van der Waals surface area (Å²) in [6, 6.07) is 13.6. The number of rotatable bonds is 8. The maximum Gasteiger partial charge on any atom is 0.250 e. The van der Waals surface area contributed by atoms with E-state index < -0.39 is 14.4 Å². The molecule has 0 aliphatic carbocycles. The number of benzene rings is 2. The molecule has 1 atom stereocenters. The van der Waals surface area contributed by atoms with Crippen molar-refractivity contribution in [2.24, 2.45) is 5.41 Å². The molecule has 0 amide bonds. The van der Waals surface area contributed by atoms with Crippen LogP contribution in [0.1, 0.15) is 96.0 Å². The van der Waals surface area contributed by atoms with Crippen LogP contribution in [0.4, 0.5) is 0 Å². The SMILES string of the molecule is CCC(CC)(c1ccc(C=CC(O)C(C)(C)C)c(C)c1)c1ccc(O[Si](C)(C)C(C)(C)C)c(C)c1. The van der Waals surface area contributed by atoms with E-state index in [4.69, 9.17) is 4.43 Å². The highest BCUT2D eigenvalue weighted by atomic mass is 28.4. The van der Waals surface area contributed by atoms with Gasteiger partial charge in [0, 0.05) is 5.41 Å². The van der Waals surface area contributed by atoms with Gasteiger partial charge in [-0.15, -0.1) is 0 Å². The van der Waals surface area contributed by atoms with Crippen LogP contribution in [-0.4, -0.2) is 19.5 Å². The number of hydrogen-bond acceptors (Lipinski definition) is 2. The molecule has 1 unspecified atom stereocenters. The molecular weight excluding hydrogens is 444 g/mol. The van der Waals surface area contributed by atoms with Gasteiger partial charge in [-0.25, -0.2) is 0 Å². The monoisotopic (exact) mass is 494 g/mol. The molecule has 2 aromatic rings. The van der Waals surface area contributed by atoms with E-state index in [2.05, 4.69) is 125 Å². The minimum atomic E-state index is -1.89. The fourth-order valence-corrected chi connectivity index (χ4v) is 5.45. The van der Waals surface area contributed by atoms with Gasteiger partial charge in [0.2, 0.25) is 8.32 Å². The molecular formula is C32H50O2Si. The minimum absolute atomic E-state index is 0.0435. The largest absolute Gasteiger partial charge is 0.543 e. The minimum Gasteiger partial charge on any atom is -0.543 e. The summed E-state index contributed by atoms with van der Waals surface area (Å²) in [4.78, 5) is 0. The molecule has 0 heterocycles. The predicted molar refractivity (Wildman–Crippen MR) is 156 cm³/mol. The third-order valence-corrected chi connectivity index (χ3v) is 12.6. The number of aryl methyl sites for hydroxylation is 2. The first kappa shape index (κ1) is 29.4. The Hall–Kier alpha value is -1.84. The van der Waals surface area contributed by atoms with Gasteiger partial charge in [-0.05, 0) is 84.1 Å². The lowest BCUT2D eigenvalue weighted by molar-refractivity contribution is 0.106. The van der Waals surface area contributed by atoms with E-state index in [9.17, 15) is 5.11 Å². The molecule has 0 saturated heterocycles. The van der Waals surface area contributed by atoms with Crippen LogP contribution >= 0.6 is 0 Å². The van der Waals surface area contributed by atoms with E-state index in [1.807, 2.05) is 6.08 Å². The molecule has 0 fully saturated rings. The van der Waals surface area contributed by atoms with Gasteiger partial charge in [-0.1, -0.05) is 97.9 Å². The van der Waals surface area contributed by atoms with E-state index in [1.54, 1.807) is 0 Å². The van der Waals surface area contributed by atoms with Crippen molar-refractivity contribution in [1.82, 2.24) is 0 Å². The standard InChI is InChI=1S/C32H50O2Si/c1-13-32(14-2,26-17-15-25(23(3)21-26)16-20-29(33)30(5,6)7)27-18-19-28(24(4)22-27)34-35(11,12)31(8,9)10/h15-22,29,33H,13-14H2,1-12H3. The number of aliphatic hydroxyl groups is 1. The molecule has 0 aliphatic heterocycles. The molecule has 194 valence electrons. The van der Waals surface area contributed by atoms with E-state index in [0.29, 0.717) is 0 Å². The van der Waals surface area contributed by atoms with Crippen LogP contribution in [0, 0.1) is 19.3 Å². The summed E-state index contributed by atoms with van der Waals surface area (Å²) < 4.78 is 6.65. The zero-order valence-corrected chi connectivity index (χ0v) is 25.5. The van der Waals surface area contributed by atoms with Crippen molar-refractivity contribution < 1.29 is 9.53 Å². The summed E-state index contributed by atoms with van der Waals surface area (Å²) in [6.45, 7) is 26.6. The van der Waals surface area contributed by atoms with E-state index in [0.717, 1.165) is 24.2 Å². The Balaban J connectivity index is 2.45. The molecule has 0 saturated carbocycles. The third-order valence-electron chi connectivity index (χ3n) is 8.27. The highest BCUT2D eigenvalue weighted by Gasteiger charge is 2.39. The zero-order valence-electron chi connectivity index (χ0n) is 24.5. The van der Waals surface area contributed by atoms with Crippen molar-refractivity contribution in [2.75, 3.05) is 0 Å². The van der Waals surface area contributed by atoms with Crippen LogP contribution < -0.4 is 4.43 Å². The normalized spacial score (nSPS) is 14.4. The molecule has 1 N–H and O–H groups in total. The first-order valence-corrected chi connectivity index (χ1v) is 16.2. The Morgan fingerprint density at radius 3 is 1.80 bits per heavy atom. The zero-order chi connectivity index (χ0) is 26.8. The molecule has 2 rings (SSSR count). The molecule has 35 heavy (non-hydrogen) atoms. The van der Waals surface area contributed by atoms with Crippen molar-refractivity contribution in [3.05, 3.63) is 70.3 Å². The van der Waals surface area contributed by atoms with E-state index in [1.165, 1.54) is 22.3 Å². The molecule has 0 bridgehead atoms. The first-order valence-electron chi connectivity index (χ1n) is 13.3. The Bertz CT molecular complexity index is 1030. The van der Waals surface area contributed by atoms with Gasteiger partial charge < -0.3 is 9.53 Å². The Morgan fingerprint density at radius 1 is 0.857 bits per heavy atom. The van der Waals surface area contributed by atoms with Gasteiger partial charge >= 0.3 is 0 Å². The lowest BCUT2D eigenvalue weighted by Gasteiger charge is -2.38. The molecule has 0 radical (unpaired) electrons. The topological polar surface area (TPSA) is 29.5 Å². The molecule has 0 aliphatic rings. The van der Waals surface area contributed by atoms with Crippen LogP contribution in [0.25, 0.3) is 6.08 Å². The fourth-order valence-electron chi connectivity index (χ4n) is 4.37. The molecule has 2 aromatic carbocycles. The van der Waals surface area contributed by atoms with Crippen LogP contribution in [0.15, 0.2) is 42.5 Å². The van der Waals surface area contributed by atoms with Gasteiger partial charge in [-0.3, -0.25) is 0 Å². The summed E-state index contributed by atoms with van der Waals surface area (Å²) in [7, 11) is -1.89. The van der Waals surface area contributed by atoms with Gasteiger partial charge in [0.15, 0.2) is 0 Å². The van der Waals surface area contributed by atoms with Crippen molar-refractivity contribution in [3.63, 3.8) is 0 Å². The van der Waals surface area contributed by atoms with Crippen molar-refractivity contribution in [2.45, 2.75) is 112 Å². The van der Waals surface area contributed by atoms with Gasteiger partial charge in [0.1, 0.15) is 5.75 Å². The third kappa shape index (κ3) is 6.48. The quantitative estimate of drug-likeness (QED) is 0.371. The molecule has 3 heteroatoms. The highest BCUT2D eigenvalue weighted by molar-refractivity contribution is 6.74. The second kappa shape index (κ2) is 10.6. The predicted octanol–water partition coefficient (Wildman–Crippen LogP) is 9.21. The second-order valence-electron chi connectivity index (χ2n) is 12.9. The van der Waals surface area contributed by atoms with Crippen molar-refractivity contribution >= 4 is 14.4 Å². The molecule has 2 nitrogen and oxygen atoms in total. The molecule has 0 aromatic heterocycles. The average molecular weight is 495 g/mol. The summed E-state index contributed by atoms with van der Waals surface area (Å²) in [5, 5.41) is 10.6. The van der Waals surface area contributed by atoms with Crippen molar-refractivity contribution in [1.29, 1.82) is 0 Å². The smallest absolute Gasteiger partial charge is 0.250 e. The second-order valence-corrected chi connectivity index (χ2v) is 17.6. The number of aliphatic hydroxyl groups excluding tert-OH is 1. The maximum atomic E-state index is 10.4. The van der Waals surface area contributed by atoms with E-state index in [-0.39, 0.29) is 15.9 Å². The summed E-state index contributed by atoms with van der Waals surface area (Å²) in [6.07, 6.45) is 5.57. The maximum absolute atomic E-state index is 10.4. The van der Waals surface area contributed by atoms with Crippen molar-refractivity contribution in [3.8, 4) is 5.75 Å². The highest BCUT2D eigenvalue weighted by Crippen LogP contribution is 2.43. The Kier molecular flexibility index (Phi) is 8.94. The first-order chi connectivity index (χ1) is 16.0. The van der Waals surface area contributed by atoms with Gasteiger partial charge in [-0.2, -0.15) is 0 Å². The van der Waals surface area contributed by atoms with Crippen LogP contribution in [0.5, 0.6) is 5.75 Å². The van der Waals surface area contributed by atoms with Gasteiger partial charge in [0.25, 0.3) is 0 Å². The van der Waals surface area contributed by atoms with Gasteiger partial charge in [0.05, 0.1) is 6.10 Å². The Labute approximate surface area is 217 Å². The lowest BCUT2D eigenvalue weighted by atomic mass is 9.70. The van der Waals surface area contributed by atoms with E-state index >= 15 is 0 Å². The number of hydrogen-bond donors (Lipinski definition) is 1. The summed E-state index contributed by atoms with van der Waals surface area (Å²) in [5.74, 6) is 1.02. The summed E-state index contributed by atoms with van der Waals surface area (Å²) >= 11 is 0. The Morgan fingerprint density at radius 2 is 1.37 bits per heavy atom. The van der Waals surface area contributed by atoms with Crippen LogP contribution in [-0.2, 0) is 5.41 Å².